The quantitative estimate of drug-likeness (QED) is 0.541. The van der Waals surface area contributed by atoms with Crippen LogP contribution in [0.2, 0.25) is 0 Å². The first-order valence-corrected chi connectivity index (χ1v) is 10.6. The van der Waals surface area contributed by atoms with Crippen molar-refractivity contribution in [1.29, 1.82) is 10.5 Å². The molecular formula is C25H24N6O. The fourth-order valence-electron chi connectivity index (χ4n) is 4.01. The van der Waals surface area contributed by atoms with Crippen LogP contribution in [-0.4, -0.2) is 28.2 Å². The summed E-state index contributed by atoms with van der Waals surface area (Å²) in [7, 11) is 0. The number of aliphatic hydroxyl groups excluding tert-OH is 1. The number of nitrogens with zero attached hydrogens (tertiary/aromatic N) is 4. The van der Waals surface area contributed by atoms with Crippen LogP contribution in [-0.2, 0) is 11.8 Å². The van der Waals surface area contributed by atoms with Crippen LogP contribution in [0, 0.1) is 22.7 Å². The second-order valence-corrected chi connectivity index (χ2v) is 8.25. The zero-order valence-corrected chi connectivity index (χ0v) is 18.1. The van der Waals surface area contributed by atoms with E-state index in [-0.39, 0.29) is 6.61 Å². The Bertz CT molecular complexity index is 1260. The molecular weight excluding hydrogens is 400 g/mol. The summed E-state index contributed by atoms with van der Waals surface area (Å²) in [5.74, 6) is 0.414. The second kappa shape index (κ2) is 8.66. The van der Waals surface area contributed by atoms with Gasteiger partial charge in [-0.1, -0.05) is 26.3 Å². The number of hydrogen-bond acceptors (Lipinski definition) is 7. The number of aryl methyl sites for hydroxylation is 1. The molecule has 1 atom stereocenters. The van der Waals surface area contributed by atoms with Gasteiger partial charge in [-0.2, -0.15) is 10.5 Å². The molecule has 3 aromatic rings. The number of anilines is 3. The summed E-state index contributed by atoms with van der Waals surface area (Å²) in [5.41, 5.74) is 5.67. The highest BCUT2D eigenvalue weighted by atomic mass is 16.3. The molecule has 160 valence electrons. The van der Waals surface area contributed by atoms with Crippen LogP contribution < -0.4 is 10.6 Å². The average Bonchev–Trinajstić information content (AvgIpc) is 3.17. The zero-order chi connectivity index (χ0) is 22.7. The maximum atomic E-state index is 9.94. The van der Waals surface area contributed by atoms with E-state index in [1.807, 2.05) is 31.2 Å². The molecule has 2 aromatic carbocycles. The van der Waals surface area contributed by atoms with Gasteiger partial charge in [0.25, 0.3) is 0 Å². The van der Waals surface area contributed by atoms with Crippen LogP contribution >= 0.6 is 0 Å². The van der Waals surface area contributed by atoms with E-state index < -0.39 is 5.41 Å². The van der Waals surface area contributed by atoms with Gasteiger partial charge in [0.05, 0.1) is 35.2 Å². The Morgan fingerprint density at radius 2 is 2.03 bits per heavy atom. The maximum absolute atomic E-state index is 9.94. The Labute approximate surface area is 187 Å². The van der Waals surface area contributed by atoms with Gasteiger partial charge in [0.1, 0.15) is 6.07 Å². The highest BCUT2D eigenvalue weighted by molar-refractivity contribution is 5.76. The summed E-state index contributed by atoms with van der Waals surface area (Å²) in [6, 6.07) is 15.6. The van der Waals surface area contributed by atoms with Gasteiger partial charge in [-0.15, -0.1) is 0 Å². The minimum absolute atomic E-state index is 0.0205. The topological polar surface area (TPSA) is 118 Å². The van der Waals surface area contributed by atoms with Gasteiger partial charge in [0.15, 0.2) is 0 Å². The summed E-state index contributed by atoms with van der Waals surface area (Å²) >= 11 is 0. The first-order valence-electron chi connectivity index (χ1n) is 10.6. The molecule has 0 saturated carbocycles. The zero-order valence-electron chi connectivity index (χ0n) is 18.1. The van der Waals surface area contributed by atoms with Gasteiger partial charge >= 0.3 is 0 Å². The van der Waals surface area contributed by atoms with Gasteiger partial charge in [0.2, 0.25) is 5.95 Å². The fourth-order valence-corrected chi connectivity index (χ4v) is 4.01. The third kappa shape index (κ3) is 3.87. The van der Waals surface area contributed by atoms with Crippen LogP contribution in [0.15, 0.2) is 42.6 Å². The van der Waals surface area contributed by atoms with Crippen molar-refractivity contribution in [3.8, 4) is 23.4 Å². The number of aliphatic hydroxyl groups is 1. The van der Waals surface area contributed by atoms with E-state index in [2.05, 4.69) is 39.7 Å². The lowest BCUT2D eigenvalue weighted by atomic mass is 9.83. The molecule has 1 aromatic heterocycles. The Morgan fingerprint density at radius 1 is 1.19 bits per heavy atom. The molecule has 2 heterocycles. The molecule has 0 bridgehead atoms. The molecule has 7 nitrogen and oxygen atoms in total. The lowest BCUT2D eigenvalue weighted by Gasteiger charge is -2.21. The Morgan fingerprint density at radius 3 is 2.75 bits per heavy atom. The highest BCUT2D eigenvalue weighted by Gasteiger charge is 2.35. The SMILES string of the molecule is CCCc1ccc(C#N)cc1Nc1nccc(-c2cc(C#N)c3c(c2)C(C)(CO)CN3)n1. The van der Waals surface area contributed by atoms with Crippen LogP contribution in [0.25, 0.3) is 11.3 Å². The second-order valence-electron chi connectivity index (χ2n) is 8.25. The molecule has 0 saturated heterocycles. The minimum atomic E-state index is -0.460. The molecule has 1 aliphatic rings. The molecule has 0 fully saturated rings. The molecule has 1 unspecified atom stereocenters. The van der Waals surface area contributed by atoms with Gasteiger partial charge < -0.3 is 15.7 Å². The fraction of sp³-hybridized carbons (Fsp3) is 0.280. The predicted octanol–water partition coefficient (Wildman–Crippen LogP) is 4.26. The minimum Gasteiger partial charge on any atom is -0.395 e. The normalized spacial score (nSPS) is 16.5. The number of benzene rings is 2. The van der Waals surface area contributed by atoms with Gasteiger partial charge in [0, 0.05) is 29.4 Å². The number of fused-ring (bicyclic) bond motifs is 1. The first kappa shape index (κ1) is 21.3. The monoisotopic (exact) mass is 424 g/mol. The van der Waals surface area contributed by atoms with Crippen molar-refractivity contribution in [2.45, 2.75) is 32.1 Å². The molecule has 0 aliphatic carbocycles. The molecule has 7 heteroatoms. The molecule has 3 N–H and O–H groups in total. The van der Waals surface area contributed by atoms with E-state index in [4.69, 9.17) is 0 Å². The van der Waals surface area contributed by atoms with Crippen molar-refractivity contribution in [3.05, 3.63) is 64.8 Å². The number of nitrogens with one attached hydrogen (secondary N) is 2. The van der Waals surface area contributed by atoms with Crippen molar-refractivity contribution in [2.24, 2.45) is 0 Å². The van der Waals surface area contributed by atoms with Crippen LogP contribution in [0.3, 0.4) is 0 Å². The molecule has 1 aliphatic heterocycles. The summed E-state index contributed by atoms with van der Waals surface area (Å²) in [6.07, 6.45) is 3.52. The maximum Gasteiger partial charge on any atom is 0.227 e. The molecule has 4 rings (SSSR count). The summed E-state index contributed by atoms with van der Waals surface area (Å²) in [4.78, 5) is 9.03. The molecule has 0 amide bonds. The first-order chi connectivity index (χ1) is 15.5. The van der Waals surface area contributed by atoms with Crippen molar-refractivity contribution in [3.63, 3.8) is 0 Å². The summed E-state index contributed by atoms with van der Waals surface area (Å²) in [5, 5.41) is 35.4. The standard InChI is InChI=1S/C25H24N6O/c1-3-4-17-6-5-16(12-26)9-22(17)31-24-28-8-7-21(30-24)18-10-19(13-27)23-20(11-18)25(2,15-32)14-29-23/h5-11,29,32H,3-4,14-15H2,1-2H3,(H,28,30,31). The number of aromatic nitrogens is 2. The van der Waals surface area contributed by atoms with E-state index in [9.17, 15) is 15.6 Å². The van der Waals surface area contributed by atoms with E-state index in [0.717, 1.165) is 40.9 Å². The van der Waals surface area contributed by atoms with Gasteiger partial charge in [-0.05, 0) is 47.9 Å². The van der Waals surface area contributed by atoms with Gasteiger partial charge in [-0.3, -0.25) is 0 Å². The van der Waals surface area contributed by atoms with Crippen molar-refractivity contribution < 1.29 is 5.11 Å². The number of hydrogen-bond donors (Lipinski definition) is 3. The summed E-state index contributed by atoms with van der Waals surface area (Å²) < 4.78 is 0. The molecule has 0 radical (unpaired) electrons. The number of nitriles is 2. The van der Waals surface area contributed by atoms with Crippen molar-refractivity contribution in [2.75, 3.05) is 23.8 Å². The number of rotatable bonds is 6. The lowest BCUT2D eigenvalue weighted by Crippen LogP contribution is -2.28. The third-order valence-electron chi connectivity index (χ3n) is 5.87. The summed E-state index contributed by atoms with van der Waals surface area (Å²) in [6.45, 7) is 4.63. The highest BCUT2D eigenvalue weighted by Crippen LogP contribution is 2.41. The third-order valence-corrected chi connectivity index (χ3v) is 5.87. The van der Waals surface area contributed by atoms with Crippen LogP contribution in [0.4, 0.5) is 17.3 Å². The Hall–Kier alpha value is -3.94. The lowest BCUT2D eigenvalue weighted by molar-refractivity contribution is 0.219. The Balaban J connectivity index is 1.74. The van der Waals surface area contributed by atoms with E-state index >= 15 is 0 Å². The van der Waals surface area contributed by atoms with E-state index in [1.165, 1.54) is 0 Å². The van der Waals surface area contributed by atoms with Crippen molar-refractivity contribution >= 4 is 17.3 Å². The van der Waals surface area contributed by atoms with Crippen LogP contribution in [0.5, 0.6) is 0 Å². The molecule has 0 spiro atoms. The van der Waals surface area contributed by atoms with E-state index in [0.29, 0.717) is 29.3 Å². The molecule has 32 heavy (non-hydrogen) atoms. The van der Waals surface area contributed by atoms with Gasteiger partial charge in [-0.25, -0.2) is 9.97 Å². The average molecular weight is 425 g/mol. The smallest absolute Gasteiger partial charge is 0.227 e. The Kier molecular flexibility index (Phi) is 5.77. The predicted molar refractivity (Wildman–Crippen MR) is 124 cm³/mol. The van der Waals surface area contributed by atoms with Crippen LogP contribution in [0.1, 0.15) is 42.5 Å². The largest absolute Gasteiger partial charge is 0.395 e. The van der Waals surface area contributed by atoms with E-state index in [1.54, 1.807) is 18.3 Å². The van der Waals surface area contributed by atoms with Crippen molar-refractivity contribution in [1.82, 2.24) is 9.97 Å².